The van der Waals surface area contributed by atoms with Crippen LogP contribution >= 0.6 is 11.5 Å². The van der Waals surface area contributed by atoms with E-state index in [9.17, 15) is 9.59 Å². The van der Waals surface area contributed by atoms with Crippen molar-refractivity contribution in [1.29, 1.82) is 0 Å². The third-order valence-electron chi connectivity index (χ3n) is 3.78. The van der Waals surface area contributed by atoms with E-state index in [0.717, 1.165) is 35.8 Å². The van der Waals surface area contributed by atoms with E-state index in [1.807, 2.05) is 36.1 Å². The Bertz CT molecular complexity index is 746. The fourth-order valence-corrected chi connectivity index (χ4v) is 3.26. The summed E-state index contributed by atoms with van der Waals surface area (Å²) in [6.45, 7) is 3.64. The maximum atomic E-state index is 12.6. The van der Waals surface area contributed by atoms with E-state index in [2.05, 4.69) is 20.2 Å². The first kappa shape index (κ1) is 16.4. The van der Waals surface area contributed by atoms with Gasteiger partial charge >= 0.3 is 0 Å². The zero-order chi connectivity index (χ0) is 16.9. The highest BCUT2D eigenvalue weighted by Crippen LogP contribution is 2.27. The SMILES string of the molecule is CCCc1nnsc1C(=O)Nc1ccccc1N1CCNC(=O)C1. The van der Waals surface area contributed by atoms with E-state index in [4.69, 9.17) is 0 Å². The molecule has 1 aromatic carbocycles. The van der Waals surface area contributed by atoms with Crippen LogP contribution in [-0.2, 0) is 11.2 Å². The molecule has 2 N–H and O–H groups in total. The van der Waals surface area contributed by atoms with Crippen molar-refractivity contribution in [1.82, 2.24) is 14.9 Å². The topological polar surface area (TPSA) is 87.2 Å². The lowest BCUT2D eigenvalue weighted by atomic mass is 10.2. The van der Waals surface area contributed by atoms with Crippen LogP contribution in [0, 0.1) is 0 Å². The Balaban J connectivity index is 1.81. The van der Waals surface area contributed by atoms with Gasteiger partial charge in [0.1, 0.15) is 4.88 Å². The number of amides is 2. The van der Waals surface area contributed by atoms with Crippen LogP contribution < -0.4 is 15.5 Å². The van der Waals surface area contributed by atoms with Crippen molar-refractivity contribution in [3.8, 4) is 0 Å². The smallest absolute Gasteiger partial charge is 0.269 e. The summed E-state index contributed by atoms with van der Waals surface area (Å²) < 4.78 is 3.89. The minimum absolute atomic E-state index is 0.0146. The molecule has 0 aliphatic carbocycles. The van der Waals surface area contributed by atoms with Gasteiger partial charge in [-0.15, -0.1) is 5.10 Å². The van der Waals surface area contributed by atoms with Crippen molar-refractivity contribution in [2.24, 2.45) is 0 Å². The van der Waals surface area contributed by atoms with Gasteiger partial charge < -0.3 is 15.5 Å². The van der Waals surface area contributed by atoms with Crippen molar-refractivity contribution in [3.05, 3.63) is 34.8 Å². The Hall–Kier alpha value is -2.48. The highest BCUT2D eigenvalue weighted by Gasteiger charge is 2.21. The van der Waals surface area contributed by atoms with E-state index >= 15 is 0 Å². The molecule has 1 saturated heterocycles. The predicted octanol–water partition coefficient (Wildman–Crippen LogP) is 1.68. The molecule has 2 amide bonds. The van der Waals surface area contributed by atoms with E-state index in [0.29, 0.717) is 23.7 Å². The highest BCUT2D eigenvalue weighted by molar-refractivity contribution is 7.08. The van der Waals surface area contributed by atoms with Crippen LogP contribution in [0.1, 0.15) is 28.7 Å². The molecule has 3 rings (SSSR count). The summed E-state index contributed by atoms with van der Waals surface area (Å²) in [4.78, 5) is 26.7. The molecule has 1 fully saturated rings. The number of nitrogens with one attached hydrogen (secondary N) is 2. The Labute approximate surface area is 144 Å². The van der Waals surface area contributed by atoms with E-state index in [1.54, 1.807) is 0 Å². The number of anilines is 2. The first-order chi connectivity index (χ1) is 11.7. The monoisotopic (exact) mass is 345 g/mol. The zero-order valence-corrected chi connectivity index (χ0v) is 14.2. The minimum Gasteiger partial charge on any atom is -0.359 e. The van der Waals surface area contributed by atoms with Gasteiger partial charge in [0.25, 0.3) is 5.91 Å². The molecular weight excluding hydrogens is 326 g/mol. The molecule has 1 aliphatic rings. The molecule has 0 bridgehead atoms. The number of piperazine rings is 1. The highest BCUT2D eigenvalue weighted by atomic mass is 32.1. The lowest BCUT2D eigenvalue weighted by Crippen LogP contribution is -2.47. The van der Waals surface area contributed by atoms with Crippen LogP contribution in [0.4, 0.5) is 11.4 Å². The van der Waals surface area contributed by atoms with Gasteiger partial charge in [-0.05, 0) is 30.1 Å². The van der Waals surface area contributed by atoms with Gasteiger partial charge in [0.05, 0.1) is 23.6 Å². The molecule has 0 unspecified atom stereocenters. The summed E-state index contributed by atoms with van der Waals surface area (Å²) in [6, 6.07) is 7.51. The maximum absolute atomic E-state index is 12.6. The predicted molar refractivity (Wildman–Crippen MR) is 93.5 cm³/mol. The van der Waals surface area contributed by atoms with Crippen LogP contribution in [0.5, 0.6) is 0 Å². The summed E-state index contributed by atoms with van der Waals surface area (Å²) in [7, 11) is 0. The van der Waals surface area contributed by atoms with Crippen molar-refractivity contribution in [3.63, 3.8) is 0 Å². The lowest BCUT2D eigenvalue weighted by Gasteiger charge is -2.30. The average molecular weight is 345 g/mol. The van der Waals surface area contributed by atoms with Crippen LogP contribution in [0.15, 0.2) is 24.3 Å². The number of aryl methyl sites for hydroxylation is 1. The average Bonchev–Trinajstić information content (AvgIpc) is 3.04. The number of rotatable bonds is 5. The molecule has 8 heteroatoms. The largest absolute Gasteiger partial charge is 0.359 e. The molecule has 2 heterocycles. The van der Waals surface area contributed by atoms with Crippen LogP contribution in [0.3, 0.4) is 0 Å². The Morgan fingerprint density at radius 1 is 1.42 bits per heavy atom. The molecule has 7 nitrogen and oxygen atoms in total. The van der Waals surface area contributed by atoms with E-state index < -0.39 is 0 Å². The normalized spacial score (nSPS) is 14.4. The number of aromatic nitrogens is 2. The fraction of sp³-hybridized carbons (Fsp3) is 0.375. The first-order valence-corrected chi connectivity index (χ1v) is 8.69. The third kappa shape index (κ3) is 3.53. The number of hydrogen-bond acceptors (Lipinski definition) is 6. The molecule has 24 heavy (non-hydrogen) atoms. The second kappa shape index (κ2) is 7.39. The van der Waals surface area contributed by atoms with Crippen LogP contribution in [-0.4, -0.2) is 41.0 Å². The number of nitrogens with zero attached hydrogens (tertiary/aromatic N) is 3. The lowest BCUT2D eigenvalue weighted by molar-refractivity contribution is -0.120. The number of benzene rings is 1. The van der Waals surface area contributed by atoms with Crippen LogP contribution in [0.2, 0.25) is 0 Å². The molecule has 0 radical (unpaired) electrons. The quantitative estimate of drug-likeness (QED) is 0.861. The number of para-hydroxylation sites is 2. The molecule has 2 aromatic rings. The molecule has 126 valence electrons. The fourth-order valence-electron chi connectivity index (χ4n) is 2.66. The molecule has 0 saturated carbocycles. The summed E-state index contributed by atoms with van der Waals surface area (Å²) in [5.41, 5.74) is 2.26. The van der Waals surface area contributed by atoms with Gasteiger partial charge in [-0.2, -0.15) is 0 Å². The van der Waals surface area contributed by atoms with Gasteiger partial charge in [-0.1, -0.05) is 30.0 Å². The van der Waals surface area contributed by atoms with Gasteiger partial charge in [0, 0.05) is 13.1 Å². The minimum atomic E-state index is -0.206. The van der Waals surface area contributed by atoms with E-state index in [1.165, 1.54) is 0 Å². The molecule has 0 spiro atoms. The van der Waals surface area contributed by atoms with Gasteiger partial charge in [-0.25, -0.2) is 0 Å². The Morgan fingerprint density at radius 2 is 2.25 bits per heavy atom. The molecule has 1 aliphatic heterocycles. The molecular formula is C16H19N5O2S. The summed E-state index contributed by atoms with van der Waals surface area (Å²) in [5.74, 6) is -0.221. The van der Waals surface area contributed by atoms with Crippen molar-refractivity contribution in [2.45, 2.75) is 19.8 Å². The maximum Gasteiger partial charge on any atom is 0.269 e. The van der Waals surface area contributed by atoms with Crippen molar-refractivity contribution >= 4 is 34.7 Å². The third-order valence-corrected chi connectivity index (χ3v) is 4.55. The summed E-state index contributed by atoms with van der Waals surface area (Å²) >= 11 is 1.11. The summed E-state index contributed by atoms with van der Waals surface area (Å²) in [6.07, 6.45) is 1.64. The molecule has 1 aromatic heterocycles. The Morgan fingerprint density at radius 3 is 3.04 bits per heavy atom. The second-order valence-electron chi connectivity index (χ2n) is 5.54. The summed E-state index contributed by atoms with van der Waals surface area (Å²) in [5, 5.41) is 9.78. The van der Waals surface area contributed by atoms with Gasteiger partial charge in [0.2, 0.25) is 5.91 Å². The number of carbonyl (C=O) groups excluding carboxylic acids is 2. The first-order valence-electron chi connectivity index (χ1n) is 7.92. The standard InChI is InChI=1S/C16H19N5O2S/c1-2-5-12-15(24-20-19-12)16(23)18-11-6-3-4-7-13(11)21-9-8-17-14(22)10-21/h3-4,6-7H,2,5,8-10H2,1H3,(H,17,22)(H,18,23). The number of hydrogen-bond donors (Lipinski definition) is 2. The molecule has 0 atom stereocenters. The second-order valence-corrected chi connectivity index (χ2v) is 6.30. The van der Waals surface area contributed by atoms with Crippen molar-refractivity contribution < 1.29 is 9.59 Å². The van der Waals surface area contributed by atoms with Gasteiger partial charge in [-0.3, -0.25) is 9.59 Å². The van der Waals surface area contributed by atoms with Gasteiger partial charge in [0.15, 0.2) is 0 Å². The Kier molecular flexibility index (Phi) is 5.05. The van der Waals surface area contributed by atoms with E-state index in [-0.39, 0.29) is 18.4 Å². The zero-order valence-electron chi connectivity index (χ0n) is 13.4. The van der Waals surface area contributed by atoms with Crippen LogP contribution in [0.25, 0.3) is 0 Å². The van der Waals surface area contributed by atoms with Crippen molar-refractivity contribution in [2.75, 3.05) is 29.9 Å². The number of carbonyl (C=O) groups is 2.